The molecule has 0 unspecified atom stereocenters. The van der Waals surface area contributed by atoms with E-state index in [1.807, 2.05) is 0 Å². The van der Waals surface area contributed by atoms with Crippen LogP contribution in [0.5, 0.6) is 0 Å². The third-order valence-corrected chi connectivity index (χ3v) is 4.57. The first kappa shape index (κ1) is 17.9. The minimum absolute atomic E-state index is 0.104. The van der Waals surface area contributed by atoms with Crippen LogP contribution in [-0.2, 0) is 10.3 Å². The predicted octanol–water partition coefficient (Wildman–Crippen LogP) is 4.06. The highest BCUT2D eigenvalue weighted by Gasteiger charge is 2.48. The summed E-state index contributed by atoms with van der Waals surface area (Å²) in [7, 11) is 0. The Morgan fingerprint density at radius 3 is 1.68 bits per heavy atom. The van der Waals surface area contributed by atoms with Crippen LogP contribution in [0.4, 0.5) is 17.6 Å². The Balaban J connectivity index is 2.01. The minimum atomic E-state index is -1.65. The number of nitrogens with one attached hydrogen (secondary N) is 1. The number of aliphatic imine (C=N–C) groups is 1. The molecule has 1 N–H and O–H groups in total. The summed E-state index contributed by atoms with van der Waals surface area (Å²) in [5, 5.41) is 2.29. The quantitative estimate of drug-likeness (QED) is 0.537. The number of benzene rings is 3. The van der Waals surface area contributed by atoms with E-state index in [-0.39, 0.29) is 6.07 Å². The van der Waals surface area contributed by atoms with Crippen LogP contribution < -0.4 is 5.32 Å². The molecule has 4 rings (SSSR count). The van der Waals surface area contributed by atoms with E-state index in [9.17, 15) is 22.4 Å². The van der Waals surface area contributed by atoms with Crippen molar-refractivity contribution in [2.24, 2.45) is 4.99 Å². The summed E-state index contributed by atoms with van der Waals surface area (Å²) in [4.78, 5) is 17.3. The van der Waals surface area contributed by atoms with E-state index < -0.39 is 46.1 Å². The summed E-state index contributed by atoms with van der Waals surface area (Å²) in [5.41, 5.74) is -1.84. The Hall–Kier alpha value is -3.48. The Morgan fingerprint density at radius 2 is 1.21 bits per heavy atom. The lowest BCUT2D eigenvalue weighted by Crippen LogP contribution is -2.38. The van der Waals surface area contributed by atoms with Gasteiger partial charge in [-0.2, -0.15) is 0 Å². The average molecular weight is 384 g/mol. The van der Waals surface area contributed by atoms with Crippen LogP contribution >= 0.6 is 0 Å². The highest BCUT2D eigenvalue weighted by atomic mass is 19.2. The number of halogens is 4. The Labute approximate surface area is 157 Å². The standard InChI is InChI=1S/C21H12F4N2O/c22-14-11-15(23)18(25)16(17(14)24)19-26-20(28)21(27-19,12-7-3-1-4-8-12)13-9-5-2-6-10-13/h1-11H,(H,26,27,28). The van der Waals surface area contributed by atoms with Crippen LogP contribution in [0.25, 0.3) is 0 Å². The molecule has 3 nitrogen and oxygen atoms in total. The minimum Gasteiger partial charge on any atom is -0.308 e. The van der Waals surface area contributed by atoms with Crippen molar-refractivity contribution < 1.29 is 22.4 Å². The molecule has 0 aliphatic carbocycles. The third-order valence-electron chi connectivity index (χ3n) is 4.57. The van der Waals surface area contributed by atoms with Gasteiger partial charge in [0.25, 0.3) is 5.91 Å². The second kappa shape index (κ2) is 6.60. The summed E-state index contributed by atoms with van der Waals surface area (Å²) >= 11 is 0. The largest absolute Gasteiger partial charge is 0.308 e. The number of amidine groups is 1. The SMILES string of the molecule is O=C1NC(c2c(F)c(F)cc(F)c2F)=NC1(c1ccccc1)c1ccccc1. The second-order valence-electron chi connectivity index (χ2n) is 6.20. The van der Waals surface area contributed by atoms with Gasteiger partial charge in [-0.1, -0.05) is 60.7 Å². The molecular formula is C21H12F4N2O. The first-order chi connectivity index (χ1) is 13.4. The van der Waals surface area contributed by atoms with E-state index >= 15 is 0 Å². The highest BCUT2D eigenvalue weighted by Crippen LogP contribution is 2.38. The summed E-state index contributed by atoms with van der Waals surface area (Å²) < 4.78 is 55.8. The van der Waals surface area contributed by atoms with E-state index in [1.165, 1.54) is 0 Å². The van der Waals surface area contributed by atoms with Gasteiger partial charge in [-0.25, -0.2) is 22.6 Å². The second-order valence-corrected chi connectivity index (χ2v) is 6.20. The van der Waals surface area contributed by atoms with Crippen molar-refractivity contribution in [3.8, 4) is 0 Å². The van der Waals surface area contributed by atoms with E-state index in [1.54, 1.807) is 60.7 Å². The van der Waals surface area contributed by atoms with Crippen molar-refractivity contribution in [2.45, 2.75) is 5.54 Å². The molecule has 0 aromatic heterocycles. The van der Waals surface area contributed by atoms with Crippen molar-refractivity contribution in [2.75, 3.05) is 0 Å². The molecule has 0 fully saturated rings. The van der Waals surface area contributed by atoms with E-state index in [2.05, 4.69) is 10.3 Å². The Morgan fingerprint density at radius 1 is 0.750 bits per heavy atom. The zero-order valence-electron chi connectivity index (χ0n) is 14.2. The topological polar surface area (TPSA) is 41.5 Å². The number of rotatable bonds is 3. The van der Waals surface area contributed by atoms with Crippen molar-refractivity contribution in [1.29, 1.82) is 0 Å². The van der Waals surface area contributed by atoms with Gasteiger partial charge in [0.05, 0.1) is 5.56 Å². The maximum absolute atomic E-state index is 14.3. The van der Waals surface area contributed by atoms with Gasteiger partial charge in [0.1, 0.15) is 5.84 Å². The third kappa shape index (κ3) is 2.58. The van der Waals surface area contributed by atoms with E-state index in [0.29, 0.717) is 11.1 Å². The number of hydrogen-bond donors (Lipinski definition) is 1. The first-order valence-corrected chi connectivity index (χ1v) is 8.31. The molecule has 0 saturated heterocycles. The van der Waals surface area contributed by atoms with Gasteiger partial charge in [-0.3, -0.25) is 4.79 Å². The number of carbonyl (C=O) groups excluding carboxylic acids is 1. The molecule has 1 aliphatic heterocycles. The maximum Gasteiger partial charge on any atom is 0.262 e. The molecule has 7 heteroatoms. The van der Waals surface area contributed by atoms with Gasteiger partial charge < -0.3 is 5.32 Å². The Bertz CT molecular complexity index is 1030. The molecule has 28 heavy (non-hydrogen) atoms. The normalized spacial score (nSPS) is 15.3. The highest BCUT2D eigenvalue weighted by molar-refractivity contribution is 6.17. The van der Waals surface area contributed by atoms with Crippen LogP contribution in [0.3, 0.4) is 0 Å². The summed E-state index contributed by atoms with van der Waals surface area (Å²) in [6.45, 7) is 0. The molecule has 1 heterocycles. The molecule has 1 amide bonds. The Kier molecular flexibility index (Phi) is 4.22. The molecule has 3 aromatic carbocycles. The fourth-order valence-corrected chi connectivity index (χ4v) is 3.26. The lowest BCUT2D eigenvalue weighted by atomic mass is 9.83. The van der Waals surface area contributed by atoms with Gasteiger partial charge >= 0.3 is 0 Å². The van der Waals surface area contributed by atoms with E-state index in [4.69, 9.17) is 0 Å². The first-order valence-electron chi connectivity index (χ1n) is 8.31. The number of nitrogens with zero attached hydrogens (tertiary/aromatic N) is 1. The number of hydrogen-bond acceptors (Lipinski definition) is 2. The van der Waals surface area contributed by atoms with Crippen molar-refractivity contribution in [1.82, 2.24) is 5.32 Å². The van der Waals surface area contributed by atoms with Crippen LogP contribution in [0.15, 0.2) is 71.7 Å². The van der Waals surface area contributed by atoms with Gasteiger partial charge in [0, 0.05) is 6.07 Å². The molecule has 0 spiro atoms. The number of amides is 1. The molecule has 0 atom stereocenters. The predicted molar refractivity (Wildman–Crippen MR) is 94.6 cm³/mol. The van der Waals surface area contributed by atoms with E-state index in [0.717, 1.165) is 0 Å². The molecule has 0 bridgehead atoms. The fourth-order valence-electron chi connectivity index (χ4n) is 3.26. The zero-order valence-corrected chi connectivity index (χ0v) is 14.2. The lowest BCUT2D eigenvalue weighted by molar-refractivity contribution is -0.122. The molecular weight excluding hydrogens is 372 g/mol. The zero-order chi connectivity index (χ0) is 19.9. The van der Waals surface area contributed by atoms with Crippen LogP contribution in [0.1, 0.15) is 16.7 Å². The monoisotopic (exact) mass is 384 g/mol. The summed E-state index contributed by atoms with van der Waals surface area (Å²) in [5.74, 6) is -7.69. The van der Waals surface area contributed by atoms with Gasteiger partial charge in [-0.15, -0.1) is 0 Å². The van der Waals surface area contributed by atoms with Crippen LogP contribution in [0.2, 0.25) is 0 Å². The lowest BCUT2D eigenvalue weighted by Gasteiger charge is -2.24. The molecule has 140 valence electrons. The van der Waals surface area contributed by atoms with Crippen molar-refractivity contribution in [3.63, 3.8) is 0 Å². The van der Waals surface area contributed by atoms with Gasteiger partial charge in [0.15, 0.2) is 28.8 Å². The maximum atomic E-state index is 14.3. The molecule has 3 aromatic rings. The van der Waals surface area contributed by atoms with Gasteiger partial charge in [0.2, 0.25) is 0 Å². The van der Waals surface area contributed by atoms with Crippen LogP contribution in [0, 0.1) is 23.3 Å². The van der Waals surface area contributed by atoms with Crippen molar-refractivity contribution >= 4 is 11.7 Å². The summed E-state index contributed by atoms with van der Waals surface area (Å²) in [6, 6.07) is 16.9. The van der Waals surface area contributed by atoms with Gasteiger partial charge in [-0.05, 0) is 11.1 Å². The number of carbonyl (C=O) groups is 1. The average Bonchev–Trinajstić information content (AvgIpc) is 3.06. The summed E-state index contributed by atoms with van der Waals surface area (Å²) in [6.07, 6.45) is 0. The molecule has 0 radical (unpaired) electrons. The van der Waals surface area contributed by atoms with Crippen molar-refractivity contribution in [3.05, 3.63) is 107 Å². The van der Waals surface area contributed by atoms with Crippen LogP contribution in [-0.4, -0.2) is 11.7 Å². The molecule has 0 saturated carbocycles. The smallest absolute Gasteiger partial charge is 0.262 e. The molecule has 1 aliphatic rings. The fraction of sp³-hybridized carbons (Fsp3) is 0.0476.